The summed E-state index contributed by atoms with van der Waals surface area (Å²) in [5.41, 5.74) is 6.35. The van der Waals surface area contributed by atoms with Gasteiger partial charge in [0.15, 0.2) is 12.1 Å². The molecule has 5 rings (SSSR count). The lowest BCUT2D eigenvalue weighted by Crippen LogP contribution is -2.46. The van der Waals surface area contributed by atoms with Crippen molar-refractivity contribution in [2.24, 2.45) is 0 Å². The predicted octanol–water partition coefficient (Wildman–Crippen LogP) is 8.51. The van der Waals surface area contributed by atoms with Gasteiger partial charge in [0, 0.05) is 22.9 Å². The number of fused-ring (bicyclic) bond motifs is 1. The van der Waals surface area contributed by atoms with Gasteiger partial charge in [0.05, 0.1) is 25.3 Å². The maximum Gasteiger partial charge on any atom is 0.335 e. The molecule has 0 spiro atoms. The third-order valence-electron chi connectivity index (χ3n) is 8.03. The predicted molar refractivity (Wildman–Crippen MR) is 160 cm³/mol. The fourth-order valence-electron chi connectivity index (χ4n) is 6.04. The van der Waals surface area contributed by atoms with E-state index >= 15 is 0 Å². The zero-order valence-electron chi connectivity index (χ0n) is 22.1. The van der Waals surface area contributed by atoms with Gasteiger partial charge in [-0.25, -0.2) is 4.79 Å². The molecule has 1 N–H and O–H groups in total. The molecule has 3 aromatic carbocycles. The number of carboxylic acids is 1. The SMILES string of the molecule is O=C(O)c1ccc2c(c1)CCCC(c1ccc(Cl)cc1Cl)=C2c1ccc(O[C@H]2CC[N+](CCl)(CCCF)C2)cc1. The summed E-state index contributed by atoms with van der Waals surface area (Å²) in [6.45, 7) is 2.06. The lowest BCUT2D eigenvalue weighted by atomic mass is 9.87. The van der Waals surface area contributed by atoms with Crippen LogP contribution in [0.4, 0.5) is 4.39 Å². The van der Waals surface area contributed by atoms with Gasteiger partial charge < -0.3 is 14.3 Å². The Balaban J connectivity index is 1.50. The second kappa shape index (κ2) is 12.5. The van der Waals surface area contributed by atoms with Crippen molar-refractivity contribution in [3.05, 3.63) is 98.5 Å². The largest absolute Gasteiger partial charge is 0.484 e. The first-order valence-electron chi connectivity index (χ1n) is 13.6. The van der Waals surface area contributed by atoms with Gasteiger partial charge in [-0.15, -0.1) is 0 Å². The van der Waals surface area contributed by atoms with Crippen LogP contribution in [0.1, 0.15) is 58.3 Å². The molecule has 40 heavy (non-hydrogen) atoms. The number of benzene rings is 3. The number of nitrogens with zero attached hydrogens (tertiary/aromatic N) is 1. The third kappa shape index (κ3) is 6.18. The maximum atomic E-state index is 12.8. The Hall–Kier alpha value is -2.57. The van der Waals surface area contributed by atoms with Crippen LogP contribution in [0.15, 0.2) is 60.7 Å². The highest BCUT2D eigenvalue weighted by molar-refractivity contribution is 6.36. The average Bonchev–Trinajstić information content (AvgIpc) is 3.25. The molecule has 1 aliphatic heterocycles. The van der Waals surface area contributed by atoms with E-state index in [2.05, 4.69) is 12.1 Å². The molecule has 3 aromatic rings. The number of ether oxygens (including phenoxy) is 1. The summed E-state index contributed by atoms with van der Waals surface area (Å²) in [7, 11) is 0. The number of rotatable bonds is 9. The minimum absolute atomic E-state index is 0.0277. The van der Waals surface area contributed by atoms with E-state index in [-0.39, 0.29) is 18.3 Å². The van der Waals surface area contributed by atoms with Crippen molar-refractivity contribution in [3.63, 3.8) is 0 Å². The standard InChI is InChI=1S/C32H31Cl3FNO3/c33-20-37(15-2-14-36)16-13-26(19-37)40-25-9-5-21(6-10-25)31-27-11-7-23(32(38)39)17-22(27)3-1-4-29(31)28-12-8-24(34)18-30(28)35/h5-12,17-18,26H,1-4,13-16,19-20H2/p+1/t26-,37?/m0/s1. The number of carboxylic acid groups (broad SMARTS) is 1. The number of alkyl halides is 2. The number of aryl methyl sites for hydroxylation is 1. The van der Waals surface area contributed by atoms with Crippen molar-refractivity contribution in [1.82, 2.24) is 0 Å². The summed E-state index contributed by atoms with van der Waals surface area (Å²) < 4.78 is 19.8. The molecule has 1 fully saturated rings. The van der Waals surface area contributed by atoms with E-state index in [9.17, 15) is 14.3 Å². The Morgan fingerprint density at radius 3 is 2.50 bits per heavy atom. The number of carbonyl (C=O) groups is 1. The molecule has 1 heterocycles. The second-order valence-corrected chi connectivity index (χ2v) is 11.8. The molecule has 8 heteroatoms. The number of hydrogen-bond donors (Lipinski definition) is 1. The Morgan fingerprint density at radius 2 is 1.80 bits per heavy atom. The Kier molecular flexibility index (Phi) is 9.06. The van der Waals surface area contributed by atoms with Crippen LogP contribution in [0.25, 0.3) is 11.1 Å². The second-order valence-electron chi connectivity index (χ2n) is 10.7. The van der Waals surface area contributed by atoms with Crippen molar-refractivity contribution < 1.29 is 23.5 Å². The van der Waals surface area contributed by atoms with Gasteiger partial charge >= 0.3 is 5.97 Å². The molecule has 0 amide bonds. The topological polar surface area (TPSA) is 46.5 Å². The molecule has 0 bridgehead atoms. The van der Waals surface area contributed by atoms with Crippen LogP contribution >= 0.6 is 34.8 Å². The van der Waals surface area contributed by atoms with E-state index in [4.69, 9.17) is 39.5 Å². The summed E-state index contributed by atoms with van der Waals surface area (Å²) in [5, 5.41) is 10.7. The molecule has 2 atom stereocenters. The van der Waals surface area contributed by atoms with Crippen molar-refractivity contribution in [2.75, 3.05) is 32.3 Å². The van der Waals surface area contributed by atoms with Crippen LogP contribution < -0.4 is 4.74 Å². The molecule has 0 radical (unpaired) electrons. The minimum atomic E-state index is -0.937. The number of halogens is 4. The summed E-state index contributed by atoms with van der Waals surface area (Å²) >= 11 is 19.2. The Morgan fingerprint density at radius 1 is 1.02 bits per heavy atom. The van der Waals surface area contributed by atoms with Crippen LogP contribution in [0.2, 0.25) is 10.0 Å². The van der Waals surface area contributed by atoms with Crippen LogP contribution in [0.3, 0.4) is 0 Å². The first kappa shape index (κ1) is 28.9. The quantitative estimate of drug-likeness (QED) is 0.152. The van der Waals surface area contributed by atoms with E-state index in [0.29, 0.717) is 27.0 Å². The molecule has 0 aromatic heterocycles. The highest BCUT2D eigenvalue weighted by atomic mass is 35.5. The van der Waals surface area contributed by atoms with Gasteiger partial charge in [0.25, 0.3) is 0 Å². The Bertz CT molecular complexity index is 1430. The highest BCUT2D eigenvalue weighted by Gasteiger charge is 2.38. The number of allylic oxidation sites excluding steroid dienone is 1. The zero-order valence-corrected chi connectivity index (χ0v) is 24.4. The first-order chi connectivity index (χ1) is 19.3. The van der Waals surface area contributed by atoms with E-state index in [0.717, 1.165) is 84.5 Å². The van der Waals surface area contributed by atoms with Gasteiger partial charge in [-0.2, -0.15) is 0 Å². The molecule has 210 valence electrons. The minimum Gasteiger partial charge on any atom is -0.484 e. The van der Waals surface area contributed by atoms with Crippen LogP contribution in [-0.4, -0.2) is 54.0 Å². The molecule has 1 aliphatic carbocycles. The van der Waals surface area contributed by atoms with Crippen LogP contribution in [-0.2, 0) is 6.42 Å². The lowest BCUT2D eigenvalue weighted by molar-refractivity contribution is -0.907. The van der Waals surface area contributed by atoms with E-state index < -0.39 is 5.97 Å². The van der Waals surface area contributed by atoms with Gasteiger partial charge in [-0.3, -0.25) is 4.39 Å². The van der Waals surface area contributed by atoms with Gasteiger partial charge in [-0.1, -0.05) is 59.1 Å². The average molecular weight is 604 g/mol. The summed E-state index contributed by atoms with van der Waals surface area (Å²) in [5.74, 6) is -0.163. The summed E-state index contributed by atoms with van der Waals surface area (Å²) in [4.78, 5) is 11.7. The summed E-state index contributed by atoms with van der Waals surface area (Å²) in [6.07, 6.45) is 3.83. The molecular weight excluding hydrogens is 572 g/mol. The van der Waals surface area contributed by atoms with Crippen molar-refractivity contribution >= 4 is 51.9 Å². The van der Waals surface area contributed by atoms with E-state index in [1.165, 1.54) is 0 Å². The van der Waals surface area contributed by atoms with Gasteiger partial charge in [-0.05, 0) is 89.1 Å². The molecule has 2 aliphatic rings. The molecule has 1 unspecified atom stereocenters. The van der Waals surface area contributed by atoms with Crippen molar-refractivity contribution in [3.8, 4) is 5.75 Å². The smallest absolute Gasteiger partial charge is 0.335 e. The number of quaternary nitrogens is 1. The number of aromatic carboxylic acids is 1. The third-order valence-corrected chi connectivity index (χ3v) is 9.09. The van der Waals surface area contributed by atoms with Gasteiger partial charge in [0.1, 0.15) is 12.3 Å². The molecule has 4 nitrogen and oxygen atoms in total. The van der Waals surface area contributed by atoms with Crippen molar-refractivity contribution in [2.45, 2.75) is 38.2 Å². The van der Waals surface area contributed by atoms with Crippen molar-refractivity contribution in [1.29, 1.82) is 0 Å². The first-order valence-corrected chi connectivity index (χ1v) is 14.9. The normalized spacial score (nSPS) is 20.8. The highest BCUT2D eigenvalue weighted by Crippen LogP contribution is 2.43. The number of likely N-dealkylation sites (tertiary alicyclic amines) is 1. The lowest BCUT2D eigenvalue weighted by Gasteiger charge is -2.31. The maximum absolute atomic E-state index is 12.8. The zero-order chi connectivity index (χ0) is 28.3. The fourth-order valence-corrected chi connectivity index (χ4v) is 6.90. The number of hydrogen-bond acceptors (Lipinski definition) is 2. The molecular formula is C32H32Cl3FNO3+. The monoisotopic (exact) mass is 602 g/mol. The van der Waals surface area contributed by atoms with Crippen LogP contribution in [0.5, 0.6) is 5.75 Å². The van der Waals surface area contributed by atoms with Crippen LogP contribution in [0, 0.1) is 0 Å². The summed E-state index contributed by atoms with van der Waals surface area (Å²) in [6, 6.07) is 19.4. The molecule has 1 saturated heterocycles. The van der Waals surface area contributed by atoms with E-state index in [1.54, 1.807) is 18.2 Å². The van der Waals surface area contributed by atoms with E-state index in [1.807, 2.05) is 30.3 Å². The Labute approximate surface area is 249 Å². The molecule has 0 saturated carbocycles. The van der Waals surface area contributed by atoms with Gasteiger partial charge in [0.2, 0.25) is 0 Å². The fraction of sp³-hybridized carbons (Fsp3) is 0.344.